The van der Waals surface area contributed by atoms with E-state index >= 15 is 0 Å². The van der Waals surface area contributed by atoms with E-state index in [1.807, 2.05) is 26.8 Å². The lowest BCUT2D eigenvalue weighted by Gasteiger charge is -2.27. The van der Waals surface area contributed by atoms with Crippen LogP contribution in [0.1, 0.15) is 20.8 Å². The van der Waals surface area contributed by atoms with E-state index in [1.165, 1.54) is 18.2 Å². The molecule has 6 nitrogen and oxygen atoms in total. The zero-order chi connectivity index (χ0) is 19.8. The highest BCUT2D eigenvalue weighted by Crippen LogP contribution is 2.33. The van der Waals surface area contributed by atoms with Crippen molar-refractivity contribution in [3.8, 4) is 28.1 Å². The van der Waals surface area contributed by atoms with Crippen LogP contribution in [0.15, 0.2) is 65.5 Å². The molecule has 0 spiro atoms. The van der Waals surface area contributed by atoms with Crippen LogP contribution in [-0.4, -0.2) is 14.6 Å². The van der Waals surface area contributed by atoms with Crippen LogP contribution in [-0.2, 0) is 5.54 Å². The predicted molar refractivity (Wildman–Crippen MR) is 105 cm³/mol. The first kappa shape index (κ1) is 18.4. The number of pyridine rings is 1. The monoisotopic (exact) mass is 364 g/mol. The smallest absolute Gasteiger partial charge is 0.269 e. The average molecular weight is 364 g/mol. The lowest BCUT2D eigenvalue weighted by atomic mass is 9.99. The number of non-ortho nitro benzene ring substituents is 1. The number of hydrogen-bond donors (Lipinski definition) is 1. The van der Waals surface area contributed by atoms with Gasteiger partial charge < -0.3 is 9.67 Å². The molecule has 1 N–H and O–H groups in total. The van der Waals surface area contributed by atoms with Crippen molar-refractivity contribution in [2.75, 3.05) is 0 Å². The molecule has 138 valence electrons. The minimum Gasteiger partial charge on any atom is -0.507 e. The fourth-order valence-corrected chi connectivity index (χ4v) is 3.11. The topological polar surface area (TPSA) is 85.4 Å². The van der Waals surface area contributed by atoms with E-state index in [2.05, 4.69) is 0 Å². The molecule has 3 aromatic rings. The van der Waals surface area contributed by atoms with E-state index in [9.17, 15) is 20.0 Å². The molecule has 1 heterocycles. The maximum atomic E-state index is 13.3. The summed E-state index contributed by atoms with van der Waals surface area (Å²) >= 11 is 0. The van der Waals surface area contributed by atoms with Gasteiger partial charge in [0.05, 0.1) is 16.2 Å². The third-order valence-electron chi connectivity index (χ3n) is 4.29. The summed E-state index contributed by atoms with van der Waals surface area (Å²) in [6.45, 7) is 5.69. The van der Waals surface area contributed by atoms with Crippen molar-refractivity contribution in [1.29, 1.82) is 0 Å². The quantitative estimate of drug-likeness (QED) is 0.546. The molecule has 0 saturated heterocycles. The lowest BCUT2D eigenvalue weighted by Crippen LogP contribution is -2.35. The van der Waals surface area contributed by atoms with Crippen molar-refractivity contribution in [2.45, 2.75) is 26.3 Å². The Morgan fingerprint density at radius 3 is 2.07 bits per heavy atom. The minimum atomic E-state index is -0.564. The molecule has 27 heavy (non-hydrogen) atoms. The van der Waals surface area contributed by atoms with Gasteiger partial charge in [0.2, 0.25) is 0 Å². The van der Waals surface area contributed by atoms with Crippen LogP contribution in [0.5, 0.6) is 5.75 Å². The van der Waals surface area contributed by atoms with Crippen LogP contribution in [0.4, 0.5) is 5.69 Å². The van der Waals surface area contributed by atoms with Crippen LogP contribution in [0.3, 0.4) is 0 Å². The summed E-state index contributed by atoms with van der Waals surface area (Å²) in [7, 11) is 0. The Morgan fingerprint density at radius 2 is 1.56 bits per heavy atom. The molecule has 0 amide bonds. The zero-order valence-corrected chi connectivity index (χ0v) is 15.3. The third kappa shape index (κ3) is 3.46. The number of nitro groups is 1. The van der Waals surface area contributed by atoms with Gasteiger partial charge in [-0.05, 0) is 44.0 Å². The SMILES string of the molecule is CC(C)(C)n1c(-c2ccc([N+](=O)[O-])cc2)cc(O)c(-c2ccccc2)c1=O. The van der Waals surface area contributed by atoms with Gasteiger partial charge in [-0.15, -0.1) is 0 Å². The van der Waals surface area contributed by atoms with Gasteiger partial charge in [0.15, 0.2) is 0 Å². The molecule has 2 aromatic carbocycles. The Hall–Kier alpha value is -3.41. The number of benzene rings is 2. The van der Waals surface area contributed by atoms with Crippen molar-refractivity contribution in [3.05, 3.63) is 81.1 Å². The van der Waals surface area contributed by atoms with E-state index in [0.717, 1.165) is 0 Å². The van der Waals surface area contributed by atoms with Crippen LogP contribution in [0, 0.1) is 10.1 Å². The first-order valence-electron chi connectivity index (χ1n) is 8.50. The highest BCUT2D eigenvalue weighted by atomic mass is 16.6. The van der Waals surface area contributed by atoms with Crippen LogP contribution >= 0.6 is 0 Å². The normalized spacial score (nSPS) is 11.4. The van der Waals surface area contributed by atoms with Gasteiger partial charge in [-0.2, -0.15) is 0 Å². The van der Waals surface area contributed by atoms with Gasteiger partial charge in [-0.1, -0.05) is 30.3 Å². The molecule has 0 fully saturated rings. The van der Waals surface area contributed by atoms with Gasteiger partial charge in [-0.3, -0.25) is 14.9 Å². The van der Waals surface area contributed by atoms with E-state index < -0.39 is 10.5 Å². The molecule has 1 aromatic heterocycles. The number of hydrogen-bond acceptors (Lipinski definition) is 4. The maximum absolute atomic E-state index is 13.3. The highest BCUT2D eigenvalue weighted by molar-refractivity contribution is 5.74. The van der Waals surface area contributed by atoms with Gasteiger partial charge in [0.25, 0.3) is 11.2 Å². The number of nitro benzene ring substituents is 1. The first-order chi connectivity index (χ1) is 12.7. The van der Waals surface area contributed by atoms with E-state index in [0.29, 0.717) is 16.8 Å². The molecular formula is C21H20N2O4. The zero-order valence-electron chi connectivity index (χ0n) is 15.3. The number of rotatable bonds is 3. The third-order valence-corrected chi connectivity index (χ3v) is 4.29. The van der Waals surface area contributed by atoms with Crippen molar-refractivity contribution in [2.24, 2.45) is 0 Å². The summed E-state index contributed by atoms with van der Waals surface area (Å²) in [4.78, 5) is 23.7. The molecule has 0 aliphatic carbocycles. The fraction of sp³-hybridized carbons (Fsp3) is 0.190. The van der Waals surface area contributed by atoms with Crippen LogP contribution in [0.2, 0.25) is 0 Å². The Labute approximate surface area is 156 Å². The second kappa shape index (κ2) is 6.72. The van der Waals surface area contributed by atoms with Crippen molar-refractivity contribution in [1.82, 2.24) is 4.57 Å². The molecule has 6 heteroatoms. The molecule has 0 radical (unpaired) electrons. The predicted octanol–water partition coefficient (Wildman–Crippen LogP) is 4.55. The van der Waals surface area contributed by atoms with Gasteiger partial charge >= 0.3 is 0 Å². The van der Waals surface area contributed by atoms with E-state index in [4.69, 9.17) is 0 Å². The number of aromatic hydroxyl groups is 1. The molecule has 0 bridgehead atoms. The second-order valence-corrected chi connectivity index (χ2v) is 7.27. The Kier molecular flexibility index (Phi) is 4.57. The highest BCUT2D eigenvalue weighted by Gasteiger charge is 2.24. The summed E-state index contributed by atoms with van der Waals surface area (Å²) in [5.74, 6) is -0.125. The molecule has 0 aliphatic heterocycles. The Balaban J connectivity index is 2.30. The molecule has 3 rings (SSSR count). The minimum absolute atomic E-state index is 0.0338. The average Bonchev–Trinajstić information content (AvgIpc) is 2.61. The molecule has 0 saturated carbocycles. The summed E-state index contributed by atoms with van der Waals surface area (Å²) in [5.41, 5.74) is 1.06. The van der Waals surface area contributed by atoms with Crippen LogP contribution < -0.4 is 5.56 Å². The van der Waals surface area contributed by atoms with Gasteiger partial charge in [-0.25, -0.2) is 0 Å². The Bertz CT molecular complexity index is 1050. The summed E-state index contributed by atoms with van der Waals surface area (Å²) in [6, 6.07) is 16.5. The van der Waals surface area contributed by atoms with Gasteiger partial charge in [0.1, 0.15) is 5.75 Å². The first-order valence-corrected chi connectivity index (χ1v) is 8.50. The van der Waals surface area contributed by atoms with E-state index in [1.54, 1.807) is 41.0 Å². The molecule has 0 aliphatic rings. The lowest BCUT2D eigenvalue weighted by molar-refractivity contribution is -0.384. The van der Waals surface area contributed by atoms with Crippen molar-refractivity contribution in [3.63, 3.8) is 0 Å². The molecular weight excluding hydrogens is 344 g/mol. The number of aromatic nitrogens is 1. The van der Waals surface area contributed by atoms with Gasteiger partial charge in [0, 0.05) is 23.7 Å². The molecule has 0 unspecified atom stereocenters. The number of nitrogens with zero attached hydrogens (tertiary/aromatic N) is 2. The summed E-state index contributed by atoms with van der Waals surface area (Å²) < 4.78 is 1.61. The summed E-state index contributed by atoms with van der Waals surface area (Å²) in [5, 5.41) is 21.5. The standard InChI is InChI=1S/C21H20N2O4/c1-21(2,3)22-17(14-9-11-16(12-10-14)23(26)27)13-18(24)19(20(22)25)15-7-5-4-6-8-15/h4-13,24H,1-3H3. The van der Waals surface area contributed by atoms with E-state index in [-0.39, 0.29) is 22.6 Å². The fourth-order valence-electron chi connectivity index (χ4n) is 3.11. The largest absolute Gasteiger partial charge is 0.507 e. The Morgan fingerprint density at radius 1 is 0.963 bits per heavy atom. The molecule has 0 atom stereocenters. The summed E-state index contributed by atoms with van der Waals surface area (Å²) in [6.07, 6.45) is 0. The second-order valence-electron chi connectivity index (χ2n) is 7.27. The maximum Gasteiger partial charge on any atom is 0.269 e. The van der Waals surface area contributed by atoms with Crippen molar-refractivity contribution >= 4 is 5.69 Å². The van der Waals surface area contributed by atoms with Crippen LogP contribution in [0.25, 0.3) is 22.4 Å². The van der Waals surface area contributed by atoms with Crippen molar-refractivity contribution < 1.29 is 10.0 Å².